The van der Waals surface area contributed by atoms with Crippen LogP contribution in [0.4, 0.5) is 10.2 Å². The highest BCUT2D eigenvalue weighted by Gasteiger charge is 2.09. The highest BCUT2D eigenvalue weighted by Crippen LogP contribution is 2.30. The maximum atomic E-state index is 13.1. The van der Waals surface area contributed by atoms with Crippen LogP contribution >= 0.6 is 0 Å². The first-order chi connectivity index (χ1) is 12.2. The molecule has 2 aromatic carbocycles. The van der Waals surface area contributed by atoms with Crippen molar-refractivity contribution >= 4 is 5.82 Å². The van der Waals surface area contributed by atoms with Gasteiger partial charge in [-0.25, -0.2) is 9.37 Å². The third-order valence-corrected chi connectivity index (χ3v) is 3.90. The monoisotopic (exact) mass is 332 g/mol. The molecule has 0 atom stereocenters. The Bertz CT molecular complexity index is 995. The zero-order valence-corrected chi connectivity index (χ0v) is 13.0. The number of anilines is 1. The number of benzene rings is 2. The van der Waals surface area contributed by atoms with Gasteiger partial charge in [-0.3, -0.25) is 0 Å². The van der Waals surface area contributed by atoms with Crippen LogP contribution in [0.5, 0.6) is 0 Å². The summed E-state index contributed by atoms with van der Waals surface area (Å²) in [5.41, 5.74) is 10.4. The van der Waals surface area contributed by atoms with Crippen molar-refractivity contribution in [2.45, 2.75) is 0 Å². The first-order valence-corrected chi connectivity index (χ1v) is 7.56. The number of aromatic nitrogens is 5. The molecule has 2 heterocycles. The van der Waals surface area contributed by atoms with E-state index in [0.717, 1.165) is 27.8 Å². The fourth-order valence-corrected chi connectivity index (χ4v) is 2.59. The molecule has 122 valence electrons. The molecule has 2 aromatic heterocycles. The number of halogens is 1. The number of nitrogen functional groups attached to an aromatic ring is 1. The number of hydrogen-bond acceptors (Lipinski definition) is 5. The van der Waals surface area contributed by atoms with E-state index in [-0.39, 0.29) is 5.82 Å². The predicted molar refractivity (Wildman–Crippen MR) is 92.7 cm³/mol. The number of pyridine rings is 1. The van der Waals surface area contributed by atoms with Gasteiger partial charge in [0.1, 0.15) is 11.6 Å². The highest BCUT2D eigenvalue weighted by molar-refractivity contribution is 5.80. The molecule has 4 aromatic rings. The van der Waals surface area contributed by atoms with Crippen molar-refractivity contribution in [1.29, 1.82) is 0 Å². The van der Waals surface area contributed by atoms with Crippen LogP contribution in [0.2, 0.25) is 0 Å². The minimum atomic E-state index is -0.274. The molecule has 0 aliphatic rings. The van der Waals surface area contributed by atoms with Crippen LogP contribution in [0.1, 0.15) is 0 Å². The molecule has 4 rings (SSSR count). The van der Waals surface area contributed by atoms with Crippen molar-refractivity contribution < 1.29 is 4.39 Å². The lowest BCUT2D eigenvalue weighted by molar-refractivity contribution is 0.628. The molecule has 0 aliphatic carbocycles. The lowest BCUT2D eigenvalue weighted by Gasteiger charge is -2.09. The van der Waals surface area contributed by atoms with Crippen LogP contribution in [-0.2, 0) is 0 Å². The Kier molecular flexibility index (Phi) is 3.66. The van der Waals surface area contributed by atoms with Gasteiger partial charge in [0.2, 0.25) is 5.82 Å². The molecular formula is C18H13FN6. The molecule has 0 amide bonds. The number of tetrazole rings is 1. The lowest BCUT2D eigenvalue weighted by Crippen LogP contribution is -1.95. The summed E-state index contributed by atoms with van der Waals surface area (Å²) in [6.45, 7) is 0. The fourth-order valence-electron chi connectivity index (χ4n) is 2.59. The Morgan fingerprint density at radius 1 is 0.840 bits per heavy atom. The van der Waals surface area contributed by atoms with Gasteiger partial charge < -0.3 is 5.73 Å². The number of nitrogens with zero attached hydrogens (tertiary/aromatic N) is 4. The quantitative estimate of drug-likeness (QED) is 0.600. The zero-order valence-electron chi connectivity index (χ0n) is 13.0. The van der Waals surface area contributed by atoms with Gasteiger partial charge in [0, 0.05) is 22.9 Å². The normalized spacial score (nSPS) is 10.8. The van der Waals surface area contributed by atoms with Crippen molar-refractivity contribution in [2.24, 2.45) is 0 Å². The second kappa shape index (κ2) is 6.12. The minimum absolute atomic E-state index is 0.274. The summed E-state index contributed by atoms with van der Waals surface area (Å²) >= 11 is 0. The molecule has 0 bridgehead atoms. The van der Waals surface area contributed by atoms with E-state index in [2.05, 4.69) is 25.6 Å². The van der Waals surface area contributed by atoms with E-state index in [4.69, 9.17) is 5.73 Å². The SMILES string of the molecule is Nc1ncc(-c2ccc(F)cc2)cc1-c1ccc(-c2nn[nH]n2)cc1. The van der Waals surface area contributed by atoms with Gasteiger partial charge in [0.05, 0.1) is 0 Å². The smallest absolute Gasteiger partial charge is 0.204 e. The molecule has 6 nitrogen and oxygen atoms in total. The van der Waals surface area contributed by atoms with E-state index >= 15 is 0 Å². The largest absolute Gasteiger partial charge is 0.383 e. The Balaban J connectivity index is 1.72. The molecule has 0 radical (unpaired) electrons. The van der Waals surface area contributed by atoms with Gasteiger partial charge >= 0.3 is 0 Å². The summed E-state index contributed by atoms with van der Waals surface area (Å²) in [5, 5.41) is 13.9. The van der Waals surface area contributed by atoms with E-state index in [1.807, 2.05) is 30.3 Å². The second-order valence-corrected chi connectivity index (χ2v) is 5.48. The van der Waals surface area contributed by atoms with Crippen molar-refractivity contribution in [3.05, 3.63) is 66.6 Å². The van der Waals surface area contributed by atoms with E-state index in [9.17, 15) is 4.39 Å². The third-order valence-electron chi connectivity index (χ3n) is 3.90. The molecule has 25 heavy (non-hydrogen) atoms. The first kappa shape index (κ1) is 14.9. The maximum Gasteiger partial charge on any atom is 0.204 e. The average molecular weight is 332 g/mol. The van der Waals surface area contributed by atoms with Gasteiger partial charge in [-0.15, -0.1) is 10.2 Å². The molecule has 3 N–H and O–H groups in total. The van der Waals surface area contributed by atoms with Crippen molar-refractivity contribution in [2.75, 3.05) is 5.73 Å². The van der Waals surface area contributed by atoms with Crippen molar-refractivity contribution in [3.8, 4) is 33.6 Å². The van der Waals surface area contributed by atoms with E-state index in [0.29, 0.717) is 11.6 Å². The van der Waals surface area contributed by atoms with Gasteiger partial charge in [0.25, 0.3) is 0 Å². The van der Waals surface area contributed by atoms with E-state index in [1.165, 1.54) is 12.1 Å². The van der Waals surface area contributed by atoms with Crippen LogP contribution in [-0.4, -0.2) is 25.6 Å². The summed E-state index contributed by atoms with van der Waals surface area (Å²) in [4.78, 5) is 4.27. The Labute approximate surface area is 142 Å². The summed E-state index contributed by atoms with van der Waals surface area (Å²) in [6.07, 6.45) is 1.68. The Morgan fingerprint density at radius 3 is 2.20 bits per heavy atom. The number of rotatable bonds is 3. The Hall–Kier alpha value is -3.61. The van der Waals surface area contributed by atoms with Crippen LogP contribution in [0.25, 0.3) is 33.6 Å². The van der Waals surface area contributed by atoms with Gasteiger partial charge in [-0.1, -0.05) is 36.4 Å². The predicted octanol–water partition coefficient (Wildman–Crippen LogP) is 3.32. The number of aromatic amines is 1. The molecule has 0 fully saturated rings. The van der Waals surface area contributed by atoms with Gasteiger partial charge in [0.15, 0.2) is 0 Å². The molecule has 0 unspecified atom stereocenters. The van der Waals surface area contributed by atoms with Gasteiger partial charge in [-0.05, 0) is 34.5 Å². The summed E-state index contributed by atoms with van der Waals surface area (Å²) in [6, 6.07) is 15.8. The highest BCUT2D eigenvalue weighted by atomic mass is 19.1. The average Bonchev–Trinajstić information content (AvgIpc) is 3.18. The van der Waals surface area contributed by atoms with Crippen LogP contribution < -0.4 is 5.73 Å². The van der Waals surface area contributed by atoms with Crippen LogP contribution in [0.15, 0.2) is 60.8 Å². The second-order valence-electron chi connectivity index (χ2n) is 5.48. The standard InChI is InChI=1S/C18H13FN6/c19-15-7-5-11(6-8-15)14-9-16(17(20)21-10-14)12-1-3-13(4-2-12)18-22-24-25-23-18/h1-10H,(H2,20,21)(H,22,23,24,25). The number of nitrogens with one attached hydrogen (secondary N) is 1. The van der Waals surface area contributed by atoms with E-state index < -0.39 is 0 Å². The Morgan fingerprint density at radius 2 is 1.52 bits per heavy atom. The summed E-state index contributed by atoms with van der Waals surface area (Å²) in [7, 11) is 0. The van der Waals surface area contributed by atoms with Crippen molar-refractivity contribution in [1.82, 2.24) is 25.6 Å². The van der Waals surface area contributed by atoms with Crippen molar-refractivity contribution in [3.63, 3.8) is 0 Å². The third kappa shape index (κ3) is 2.94. The van der Waals surface area contributed by atoms with Crippen LogP contribution in [0, 0.1) is 5.82 Å². The minimum Gasteiger partial charge on any atom is -0.383 e. The molecule has 7 heteroatoms. The number of H-pyrrole nitrogens is 1. The van der Waals surface area contributed by atoms with Gasteiger partial charge in [-0.2, -0.15) is 5.21 Å². The molecule has 0 aliphatic heterocycles. The zero-order chi connectivity index (χ0) is 17.2. The number of hydrogen-bond donors (Lipinski definition) is 2. The molecule has 0 saturated heterocycles. The van der Waals surface area contributed by atoms with E-state index in [1.54, 1.807) is 18.3 Å². The molecule has 0 saturated carbocycles. The fraction of sp³-hybridized carbons (Fsp3) is 0. The summed E-state index contributed by atoms with van der Waals surface area (Å²) < 4.78 is 13.1. The maximum absolute atomic E-state index is 13.1. The topological polar surface area (TPSA) is 93.4 Å². The van der Waals surface area contributed by atoms with Crippen LogP contribution in [0.3, 0.4) is 0 Å². The molecular weight excluding hydrogens is 319 g/mol. The lowest BCUT2D eigenvalue weighted by atomic mass is 10.00. The molecule has 0 spiro atoms. The number of nitrogens with two attached hydrogens (primary N) is 1. The first-order valence-electron chi connectivity index (χ1n) is 7.56. The summed E-state index contributed by atoms with van der Waals surface area (Å²) in [5.74, 6) is 0.681.